The van der Waals surface area contributed by atoms with Gasteiger partial charge >= 0.3 is 21.3 Å². The number of nitrogens with one attached hydrogen (secondary N) is 2. The summed E-state index contributed by atoms with van der Waals surface area (Å²) in [7, 11) is -10.7. The third-order valence-corrected chi connectivity index (χ3v) is 11.9. The molecule has 14 atom stereocenters. The normalized spacial score (nSPS) is 32.1. The highest BCUT2D eigenvalue weighted by Crippen LogP contribution is 2.52. The van der Waals surface area contributed by atoms with Gasteiger partial charge in [-0.1, -0.05) is 0 Å². The first-order chi connectivity index (χ1) is 29.4. The fraction of sp³-hybridized carbons (Fsp3) is 0.517. The van der Waals surface area contributed by atoms with Crippen LogP contribution in [0.2, 0.25) is 0 Å². The van der Waals surface area contributed by atoms with Crippen LogP contribution in [0.15, 0.2) is 45.6 Å². The summed E-state index contributed by atoms with van der Waals surface area (Å²) in [5.74, 6) is -0.354. The summed E-state index contributed by atoms with van der Waals surface area (Å²) in [5, 5.41) is 53.9. The van der Waals surface area contributed by atoms with Crippen LogP contribution in [0.25, 0.3) is 22.3 Å². The standard InChI is InChI=1S/C29H36N12O19P2/c30-21-13-22(33-6-32-21)40(7-34-13)27-18(47)20(11(58-27)5-55-62(52,53)59-19-9(3-42)56-26(17(19)46)39-2-1-12(43)36-29(39)49)60-61(50,51)54-4-10-15(44)16(45)25(57-10)41-8-35-14-23(41)37-28(31)38-24(14)48/h1-2,6-11,15-20,25-27,42,44-47H,3-5H2,(H,50,51)(H,52,53)(H2,30,32,33)(H,36,43,49)(H3,31,37,38,48). The zero-order chi connectivity index (χ0) is 44.4. The van der Waals surface area contributed by atoms with Gasteiger partial charge in [0.25, 0.3) is 11.1 Å². The molecular formula is C29H36N12O19P2. The fourth-order valence-corrected chi connectivity index (χ4v) is 8.98. The van der Waals surface area contributed by atoms with Crippen molar-refractivity contribution >= 4 is 49.7 Å². The van der Waals surface area contributed by atoms with Crippen molar-refractivity contribution in [1.82, 2.24) is 48.6 Å². The molecule has 0 amide bonds. The summed E-state index contributed by atoms with van der Waals surface area (Å²) in [6, 6.07) is 0.933. The lowest BCUT2D eigenvalue weighted by atomic mass is 10.1. The monoisotopic (exact) mass is 918 g/mol. The van der Waals surface area contributed by atoms with E-state index in [1.165, 1.54) is 0 Å². The quantitative estimate of drug-likeness (QED) is 0.0464. The van der Waals surface area contributed by atoms with E-state index in [0.717, 1.165) is 44.9 Å². The Morgan fingerprint density at radius 3 is 1.94 bits per heavy atom. The number of nitrogen functional groups attached to an aromatic ring is 2. The smallest absolute Gasteiger partial charge is 0.394 e. The average molecular weight is 919 g/mol. The number of imidazole rings is 2. The van der Waals surface area contributed by atoms with Crippen LogP contribution in [0.1, 0.15) is 18.7 Å². The van der Waals surface area contributed by atoms with Gasteiger partial charge in [-0.25, -0.2) is 33.9 Å². The van der Waals surface area contributed by atoms with Crippen LogP contribution in [0.4, 0.5) is 11.8 Å². The summed E-state index contributed by atoms with van der Waals surface area (Å²) >= 11 is 0. The van der Waals surface area contributed by atoms with Gasteiger partial charge in [0.1, 0.15) is 66.8 Å². The number of aliphatic hydroxyl groups excluding tert-OH is 5. The number of ether oxygens (including phenoxy) is 3. The van der Waals surface area contributed by atoms with Crippen LogP contribution in [-0.2, 0) is 41.4 Å². The second-order valence-corrected chi connectivity index (χ2v) is 16.7. The number of nitrogens with zero attached hydrogens (tertiary/aromatic N) is 8. The van der Waals surface area contributed by atoms with Crippen molar-refractivity contribution in [3.63, 3.8) is 0 Å². The van der Waals surface area contributed by atoms with Crippen molar-refractivity contribution in [2.75, 3.05) is 31.3 Å². The Balaban J connectivity index is 0.985. The van der Waals surface area contributed by atoms with Gasteiger partial charge < -0.3 is 61.0 Å². The molecule has 0 bridgehead atoms. The molecule has 0 saturated carbocycles. The fourth-order valence-electron chi connectivity index (χ4n) is 7.05. The number of nitrogens with two attached hydrogens (primary N) is 2. The number of aromatic amines is 2. The highest BCUT2D eigenvalue weighted by atomic mass is 31.2. The topological polar surface area (TPSA) is 454 Å². The minimum absolute atomic E-state index is 0.0107. The van der Waals surface area contributed by atoms with E-state index in [2.05, 4.69) is 29.9 Å². The van der Waals surface area contributed by atoms with Gasteiger partial charge in [-0.2, -0.15) is 4.98 Å². The molecule has 3 aliphatic heterocycles. The van der Waals surface area contributed by atoms with Crippen molar-refractivity contribution < 1.29 is 76.8 Å². The maximum Gasteiger partial charge on any atom is 0.472 e. The van der Waals surface area contributed by atoms with E-state index in [0.29, 0.717) is 0 Å². The lowest BCUT2D eigenvalue weighted by molar-refractivity contribution is -0.0621. The number of phosphoric acid groups is 2. The molecule has 0 aromatic carbocycles. The SMILES string of the molecule is Nc1nc2c(ncn2C2OC(COP(=O)(O)OC3C(COP(=O)(O)OC4C(CO)OC(n5ccc(=O)[nH]c5=O)C4O)OC(n4cnc5c(N)ncnc54)C3O)C(O)C2O)c(=O)[nH]1. The van der Waals surface area contributed by atoms with Crippen molar-refractivity contribution in [2.24, 2.45) is 0 Å². The Morgan fingerprint density at radius 2 is 1.27 bits per heavy atom. The second-order valence-electron chi connectivity index (χ2n) is 13.9. The minimum Gasteiger partial charge on any atom is -0.394 e. The predicted octanol–water partition coefficient (Wildman–Crippen LogP) is -5.19. The zero-order valence-corrected chi connectivity index (χ0v) is 32.9. The van der Waals surface area contributed by atoms with Crippen molar-refractivity contribution in [2.45, 2.75) is 73.6 Å². The number of rotatable bonds is 14. The molecule has 3 fully saturated rings. The van der Waals surface area contributed by atoms with Gasteiger partial charge in [0.15, 0.2) is 41.3 Å². The highest BCUT2D eigenvalue weighted by Gasteiger charge is 2.53. The summed E-state index contributed by atoms with van der Waals surface area (Å²) < 4.78 is 67.5. The van der Waals surface area contributed by atoms with E-state index in [4.69, 9.17) is 43.8 Å². The van der Waals surface area contributed by atoms with E-state index >= 15 is 0 Å². The van der Waals surface area contributed by atoms with Crippen molar-refractivity contribution in [3.8, 4) is 0 Å². The Hall–Kier alpha value is -4.92. The minimum atomic E-state index is -5.38. The maximum atomic E-state index is 13.5. The molecule has 5 aromatic heterocycles. The van der Waals surface area contributed by atoms with Crippen LogP contribution in [0.3, 0.4) is 0 Å². The highest BCUT2D eigenvalue weighted by molar-refractivity contribution is 7.47. The van der Waals surface area contributed by atoms with Crippen LogP contribution in [0, 0.1) is 0 Å². The maximum absolute atomic E-state index is 13.5. The van der Waals surface area contributed by atoms with Crippen LogP contribution >= 0.6 is 15.6 Å². The summed E-state index contributed by atoms with van der Waals surface area (Å²) in [6.45, 7) is -2.91. The van der Waals surface area contributed by atoms with E-state index in [1.54, 1.807) is 0 Å². The Bertz CT molecular complexity index is 2750. The van der Waals surface area contributed by atoms with Gasteiger partial charge in [-0.05, 0) is 0 Å². The summed E-state index contributed by atoms with van der Waals surface area (Å²) in [4.78, 5) is 81.9. The van der Waals surface area contributed by atoms with Gasteiger partial charge in [-0.3, -0.25) is 51.4 Å². The molecule has 3 saturated heterocycles. The molecular weight excluding hydrogens is 882 g/mol. The molecule has 31 nitrogen and oxygen atoms in total. The molecule has 14 unspecified atom stereocenters. The lowest BCUT2D eigenvalue weighted by Crippen LogP contribution is -2.39. The number of phosphoric ester groups is 2. The molecule has 5 aromatic rings. The first-order valence-electron chi connectivity index (χ1n) is 17.9. The van der Waals surface area contributed by atoms with E-state index in [1.807, 2.05) is 4.98 Å². The molecule has 8 heterocycles. The van der Waals surface area contributed by atoms with Crippen LogP contribution < -0.4 is 28.3 Å². The van der Waals surface area contributed by atoms with Gasteiger partial charge in [0.05, 0.1) is 32.5 Å². The summed E-state index contributed by atoms with van der Waals surface area (Å²) in [6.07, 6.45) is -16.4. The number of anilines is 2. The van der Waals surface area contributed by atoms with E-state index < -0.39 is 126 Å². The second kappa shape index (κ2) is 16.7. The molecule has 0 radical (unpaired) electrons. The van der Waals surface area contributed by atoms with E-state index in [9.17, 15) is 58.8 Å². The van der Waals surface area contributed by atoms with E-state index in [-0.39, 0.29) is 34.1 Å². The zero-order valence-electron chi connectivity index (χ0n) is 31.1. The van der Waals surface area contributed by atoms with Crippen molar-refractivity contribution in [3.05, 3.63) is 62.4 Å². The third kappa shape index (κ3) is 8.21. The van der Waals surface area contributed by atoms with Gasteiger partial charge in [0.2, 0.25) is 5.95 Å². The molecule has 13 N–H and O–H groups in total. The first-order valence-corrected chi connectivity index (χ1v) is 20.9. The number of fused-ring (bicyclic) bond motifs is 2. The number of aliphatic hydroxyl groups is 5. The largest absolute Gasteiger partial charge is 0.472 e. The van der Waals surface area contributed by atoms with Gasteiger partial charge in [0, 0.05) is 12.3 Å². The lowest BCUT2D eigenvalue weighted by Gasteiger charge is -2.25. The number of hydrogen-bond donors (Lipinski definition) is 11. The van der Waals surface area contributed by atoms with Gasteiger partial charge in [-0.15, -0.1) is 0 Å². The van der Waals surface area contributed by atoms with Crippen LogP contribution in [-0.4, -0.2) is 159 Å². The Labute approximate surface area is 342 Å². The predicted molar refractivity (Wildman–Crippen MR) is 198 cm³/mol. The molecule has 33 heteroatoms. The average Bonchev–Trinajstić information content (AvgIpc) is 4.02. The molecule has 0 aliphatic carbocycles. The molecule has 336 valence electrons. The molecule has 62 heavy (non-hydrogen) atoms. The Kier molecular flexibility index (Phi) is 11.7. The van der Waals surface area contributed by atoms with Crippen LogP contribution in [0.5, 0.6) is 0 Å². The molecule has 0 spiro atoms. The molecule has 3 aliphatic rings. The first kappa shape index (κ1) is 43.7. The summed E-state index contributed by atoms with van der Waals surface area (Å²) in [5.41, 5.74) is 8.79. The molecule has 8 rings (SSSR count). The van der Waals surface area contributed by atoms with Crippen molar-refractivity contribution in [1.29, 1.82) is 0 Å². The third-order valence-electron chi connectivity index (χ3n) is 9.96. The Morgan fingerprint density at radius 1 is 0.710 bits per heavy atom. The number of hydrogen-bond acceptors (Lipinski definition) is 24. The number of aromatic nitrogens is 10. The number of H-pyrrole nitrogens is 2.